The first-order chi connectivity index (χ1) is 18.2. The van der Waals surface area contributed by atoms with Crippen molar-refractivity contribution in [3.8, 4) is 10.4 Å². The second-order valence-corrected chi connectivity index (χ2v) is 12.7. The van der Waals surface area contributed by atoms with E-state index in [1.54, 1.807) is 5.51 Å². The van der Waals surface area contributed by atoms with Gasteiger partial charge in [-0.15, -0.1) is 11.3 Å². The first-order valence-electron chi connectivity index (χ1n) is 13.5. The molecular formula is C29H42N4O5S. The molecule has 2 heterocycles. The van der Waals surface area contributed by atoms with Crippen LogP contribution in [0.4, 0.5) is 0 Å². The van der Waals surface area contributed by atoms with E-state index in [0.29, 0.717) is 5.69 Å². The van der Waals surface area contributed by atoms with Crippen LogP contribution in [-0.4, -0.2) is 62.6 Å². The van der Waals surface area contributed by atoms with E-state index >= 15 is 0 Å². The van der Waals surface area contributed by atoms with Crippen LogP contribution >= 0.6 is 11.3 Å². The number of carbonyl (C=O) groups excluding carboxylic acids is 3. The Bertz CT molecular complexity index is 1160. The summed E-state index contributed by atoms with van der Waals surface area (Å²) in [5, 5.41) is 25.8. The number of β-amino-alcohol motifs (C(OH)–C–C–N with tert-alkyl or cyclic N) is 1. The van der Waals surface area contributed by atoms with Gasteiger partial charge in [-0.2, -0.15) is 0 Å². The predicted octanol–water partition coefficient (Wildman–Crippen LogP) is 3.26. The minimum atomic E-state index is -0.845. The van der Waals surface area contributed by atoms with Crippen molar-refractivity contribution in [1.29, 1.82) is 0 Å². The zero-order valence-corrected chi connectivity index (χ0v) is 24.7. The lowest BCUT2D eigenvalue weighted by atomic mass is 9.84. The number of rotatable bonds is 9. The zero-order chi connectivity index (χ0) is 29.1. The Morgan fingerprint density at radius 2 is 1.74 bits per heavy atom. The van der Waals surface area contributed by atoms with Crippen LogP contribution in [0.5, 0.6) is 0 Å². The predicted molar refractivity (Wildman–Crippen MR) is 152 cm³/mol. The van der Waals surface area contributed by atoms with Crippen LogP contribution in [0.15, 0.2) is 29.8 Å². The summed E-state index contributed by atoms with van der Waals surface area (Å²) in [6, 6.07) is 5.65. The standard InChI is InChI=1S/C29H42N4O5S/c1-16(2)17(3)26(36)32-25(29(5,6)7)28(38)33-13-21(35)12-23(33)27(37)31-18(4)19-8-10-20(11-9-19)24-22(14-34)30-15-39-24/h8-11,15-18,21,23,25,34-35H,12-14H2,1-7H3,(H,31,37)(H,32,36). The molecule has 3 amide bonds. The Morgan fingerprint density at radius 3 is 2.31 bits per heavy atom. The van der Waals surface area contributed by atoms with E-state index in [4.69, 9.17) is 0 Å². The normalized spacial score (nSPS) is 20.0. The van der Waals surface area contributed by atoms with Crippen LogP contribution in [0.1, 0.15) is 72.2 Å². The van der Waals surface area contributed by atoms with Gasteiger partial charge < -0.3 is 25.7 Å². The quantitative estimate of drug-likeness (QED) is 0.374. The molecule has 2 aromatic rings. The number of benzene rings is 1. The molecule has 214 valence electrons. The lowest BCUT2D eigenvalue weighted by Gasteiger charge is -2.36. The van der Waals surface area contributed by atoms with E-state index in [-0.39, 0.29) is 55.2 Å². The molecular weight excluding hydrogens is 516 g/mol. The molecule has 39 heavy (non-hydrogen) atoms. The number of aromatic nitrogens is 1. The summed E-state index contributed by atoms with van der Waals surface area (Å²) < 4.78 is 0. The fourth-order valence-electron chi connectivity index (χ4n) is 4.63. The molecule has 0 bridgehead atoms. The molecule has 0 saturated carbocycles. The van der Waals surface area contributed by atoms with Gasteiger partial charge in [0.15, 0.2) is 0 Å². The third-order valence-electron chi connectivity index (χ3n) is 7.50. The van der Waals surface area contributed by atoms with E-state index in [0.717, 1.165) is 16.0 Å². The van der Waals surface area contributed by atoms with Crippen LogP contribution in [0, 0.1) is 17.3 Å². The summed E-state index contributed by atoms with van der Waals surface area (Å²) >= 11 is 1.45. The highest BCUT2D eigenvalue weighted by Crippen LogP contribution is 2.30. The highest BCUT2D eigenvalue weighted by atomic mass is 32.1. The summed E-state index contributed by atoms with van der Waals surface area (Å²) in [4.78, 5) is 46.5. The second kappa shape index (κ2) is 12.6. The fourth-order valence-corrected chi connectivity index (χ4v) is 5.44. The topological polar surface area (TPSA) is 132 Å². The molecule has 1 fully saturated rings. The van der Waals surface area contributed by atoms with Crippen molar-refractivity contribution < 1.29 is 24.6 Å². The molecule has 5 unspecified atom stereocenters. The molecule has 0 aliphatic carbocycles. The molecule has 9 nitrogen and oxygen atoms in total. The number of nitrogens with zero attached hydrogens (tertiary/aromatic N) is 2. The van der Waals surface area contributed by atoms with Crippen molar-refractivity contribution in [2.75, 3.05) is 6.54 Å². The maximum atomic E-state index is 13.7. The third kappa shape index (κ3) is 7.23. The zero-order valence-electron chi connectivity index (χ0n) is 23.9. The SMILES string of the molecule is CC(NC(=O)C1CC(O)CN1C(=O)C(NC(=O)C(C)C(C)C)C(C)(C)C)c1ccc(-c2scnc2CO)cc1. The average Bonchev–Trinajstić information content (AvgIpc) is 3.52. The molecule has 3 rings (SSSR count). The van der Waals surface area contributed by atoms with Crippen molar-refractivity contribution >= 4 is 29.1 Å². The maximum Gasteiger partial charge on any atom is 0.246 e. The monoisotopic (exact) mass is 558 g/mol. The fraction of sp³-hybridized carbons (Fsp3) is 0.586. The van der Waals surface area contributed by atoms with Gasteiger partial charge in [0.25, 0.3) is 0 Å². The van der Waals surface area contributed by atoms with E-state index < -0.39 is 23.6 Å². The Morgan fingerprint density at radius 1 is 1.10 bits per heavy atom. The molecule has 1 aliphatic heterocycles. The van der Waals surface area contributed by atoms with Gasteiger partial charge in [-0.25, -0.2) is 4.98 Å². The van der Waals surface area contributed by atoms with Crippen LogP contribution < -0.4 is 10.6 Å². The van der Waals surface area contributed by atoms with Crippen molar-refractivity contribution in [3.05, 3.63) is 41.0 Å². The Labute approximate surface area is 235 Å². The first kappa shape index (κ1) is 30.7. The van der Waals surface area contributed by atoms with E-state index in [9.17, 15) is 24.6 Å². The molecule has 1 aromatic heterocycles. The summed E-state index contributed by atoms with van der Waals surface area (Å²) in [5.74, 6) is -1.09. The molecule has 0 radical (unpaired) electrons. The number of aliphatic hydroxyl groups excluding tert-OH is 2. The van der Waals surface area contributed by atoms with Gasteiger partial charge in [-0.1, -0.05) is 65.8 Å². The summed E-state index contributed by atoms with van der Waals surface area (Å²) in [5.41, 5.74) is 3.53. The number of hydrogen-bond acceptors (Lipinski definition) is 7. The van der Waals surface area contributed by atoms with Gasteiger partial charge >= 0.3 is 0 Å². The molecule has 0 spiro atoms. The number of amides is 3. The number of likely N-dealkylation sites (tertiary alicyclic amines) is 1. The van der Waals surface area contributed by atoms with E-state index in [1.807, 2.05) is 72.7 Å². The minimum absolute atomic E-state index is 0.0320. The van der Waals surface area contributed by atoms with Gasteiger partial charge in [0, 0.05) is 18.9 Å². The molecule has 1 aliphatic rings. The molecule has 1 aromatic carbocycles. The first-order valence-corrected chi connectivity index (χ1v) is 14.3. The van der Waals surface area contributed by atoms with Gasteiger partial charge in [-0.05, 0) is 29.4 Å². The van der Waals surface area contributed by atoms with Crippen LogP contribution in [-0.2, 0) is 21.0 Å². The van der Waals surface area contributed by atoms with Crippen molar-refractivity contribution in [1.82, 2.24) is 20.5 Å². The Kier molecular flexibility index (Phi) is 9.90. The van der Waals surface area contributed by atoms with Crippen LogP contribution in [0.3, 0.4) is 0 Å². The van der Waals surface area contributed by atoms with Crippen molar-refractivity contribution in [3.63, 3.8) is 0 Å². The number of thiazole rings is 1. The molecule has 5 atom stereocenters. The molecule has 4 N–H and O–H groups in total. The Balaban J connectivity index is 1.73. The van der Waals surface area contributed by atoms with Crippen molar-refractivity contribution in [2.24, 2.45) is 17.3 Å². The highest BCUT2D eigenvalue weighted by Gasteiger charge is 2.45. The van der Waals surface area contributed by atoms with Gasteiger partial charge in [-0.3, -0.25) is 14.4 Å². The number of nitrogens with one attached hydrogen (secondary N) is 2. The molecule has 10 heteroatoms. The van der Waals surface area contributed by atoms with Gasteiger partial charge in [0.05, 0.1) is 34.8 Å². The molecule has 1 saturated heterocycles. The highest BCUT2D eigenvalue weighted by molar-refractivity contribution is 7.13. The minimum Gasteiger partial charge on any atom is -0.391 e. The van der Waals surface area contributed by atoms with E-state index in [2.05, 4.69) is 15.6 Å². The smallest absolute Gasteiger partial charge is 0.246 e. The largest absolute Gasteiger partial charge is 0.391 e. The summed E-state index contributed by atoms with van der Waals surface area (Å²) in [7, 11) is 0. The van der Waals surface area contributed by atoms with Crippen LogP contribution in [0.25, 0.3) is 10.4 Å². The Hall–Kier alpha value is -2.82. The average molecular weight is 559 g/mol. The number of aliphatic hydroxyl groups is 2. The lowest BCUT2D eigenvalue weighted by molar-refractivity contribution is -0.144. The van der Waals surface area contributed by atoms with Gasteiger partial charge in [0.1, 0.15) is 12.1 Å². The number of hydrogen-bond donors (Lipinski definition) is 4. The summed E-state index contributed by atoms with van der Waals surface area (Å²) in [6.45, 7) is 13.1. The summed E-state index contributed by atoms with van der Waals surface area (Å²) in [6.07, 6.45) is -0.698. The van der Waals surface area contributed by atoms with Crippen molar-refractivity contribution in [2.45, 2.75) is 85.7 Å². The second-order valence-electron chi connectivity index (χ2n) is 11.9. The number of carbonyl (C=O) groups is 3. The van der Waals surface area contributed by atoms with Crippen LogP contribution in [0.2, 0.25) is 0 Å². The third-order valence-corrected chi connectivity index (χ3v) is 8.42. The maximum absolute atomic E-state index is 13.7. The lowest BCUT2D eigenvalue weighted by Crippen LogP contribution is -2.58. The van der Waals surface area contributed by atoms with Gasteiger partial charge in [0.2, 0.25) is 17.7 Å². The van der Waals surface area contributed by atoms with E-state index in [1.165, 1.54) is 16.2 Å².